The Bertz CT molecular complexity index is 994. The quantitative estimate of drug-likeness (QED) is 0.672. The molecule has 2 N–H and O–H groups in total. The topological polar surface area (TPSA) is 88.8 Å². The van der Waals surface area contributed by atoms with E-state index in [9.17, 15) is 23.5 Å². The van der Waals surface area contributed by atoms with Crippen LogP contribution in [0.5, 0.6) is 11.5 Å². The Morgan fingerprint density at radius 2 is 1.70 bits per heavy atom. The largest absolute Gasteiger partial charge is 0.502 e. The number of esters is 1. The van der Waals surface area contributed by atoms with Crippen molar-refractivity contribution < 1.29 is 32.6 Å². The van der Waals surface area contributed by atoms with Gasteiger partial charge < -0.3 is 14.3 Å². The molecule has 0 aliphatic heterocycles. The van der Waals surface area contributed by atoms with E-state index in [2.05, 4.69) is 5.32 Å². The van der Waals surface area contributed by atoms with Crippen LogP contribution in [0.3, 0.4) is 0 Å². The molecule has 1 aromatic heterocycles. The molecule has 0 spiro atoms. The monoisotopic (exact) mass is 373 g/mol. The van der Waals surface area contributed by atoms with Crippen LogP contribution in [0.4, 0.5) is 14.7 Å². The Morgan fingerprint density at radius 3 is 2.30 bits per heavy atom. The average molecular weight is 373 g/mol. The predicted octanol–water partition coefficient (Wildman–Crippen LogP) is 4.11. The maximum absolute atomic E-state index is 13.5. The second kappa shape index (κ2) is 7.28. The first-order valence-electron chi connectivity index (χ1n) is 7.72. The van der Waals surface area contributed by atoms with Gasteiger partial charge in [0.15, 0.2) is 5.76 Å². The van der Waals surface area contributed by atoms with Crippen molar-refractivity contribution in [2.75, 3.05) is 5.32 Å². The Kier molecular flexibility index (Phi) is 4.89. The summed E-state index contributed by atoms with van der Waals surface area (Å²) in [6, 6.07) is 10.6. The minimum absolute atomic E-state index is 0.140. The van der Waals surface area contributed by atoms with Crippen LogP contribution < -0.4 is 10.1 Å². The van der Waals surface area contributed by atoms with Crippen molar-refractivity contribution in [3.05, 3.63) is 65.7 Å². The lowest BCUT2D eigenvalue weighted by atomic mass is 10.1. The number of rotatable bonds is 4. The van der Waals surface area contributed by atoms with Crippen molar-refractivity contribution in [2.45, 2.75) is 6.92 Å². The number of halogens is 2. The van der Waals surface area contributed by atoms with Gasteiger partial charge in [-0.25, -0.2) is 8.78 Å². The van der Waals surface area contributed by atoms with Crippen LogP contribution in [0.15, 0.2) is 52.9 Å². The summed E-state index contributed by atoms with van der Waals surface area (Å²) in [6.07, 6.45) is 0. The third-order valence-electron chi connectivity index (χ3n) is 3.47. The molecule has 2 aromatic carbocycles. The normalized spacial score (nSPS) is 10.5. The molecule has 6 nitrogen and oxygen atoms in total. The van der Waals surface area contributed by atoms with Gasteiger partial charge >= 0.3 is 5.97 Å². The van der Waals surface area contributed by atoms with Gasteiger partial charge in [-0.3, -0.25) is 14.9 Å². The van der Waals surface area contributed by atoms with E-state index in [4.69, 9.17) is 9.15 Å². The van der Waals surface area contributed by atoms with Crippen molar-refractivity contribution in [1.82, 2.24) is 0 Å². The maximum atomic E-state index is 13.5. The van der Waals surface area contributed by atoms with E-state index in [1.54, 1.807) is 18.2 Å². The van der Waals surface area contributed by atoms with Crippen LogP contribution in [-0.4, -0.2) is 17.0 Å². The van der Waals surface area contributed by atoms with Crippen LogP contribution >= 0.6 is 0 Å². The number of benzene rings is 2. The van der Waals surface area contributed by atoms with E-state index in [0.717, 1.165) is 19.1 Å². The number of hydrogen-bond acceptors (Lipinski definition) is 5. The lowest BCUT2D eigenvalue weighted by Crippen LogP contribution is -2.12. The number of anilines is 1. The Hall–Kier alpha value is -3.68. The molecule has 0 bridgehead atoms. The summed E-state index contributed by atoms with van der Waals surface area (Å²) in [6.45, 7) is 1.08. The molecular formula is C19H13F2NO5. The summed E-state index contributed by atoms with van der Waals surface area (Å²) >= 11 is 0. The number of carbonyl (C=O) groups excluding carboxylic acids is 2. The zero-order valence-electron chi connectivity index (χ0n) is 14.0. The maximum Gasteiger partial charge on any atom is 0.308 e. The van der Waals surface area contributed by atoms with Crippen LogP contribution in [0, 0.1) is 11.6 Å². The van der Waals surface area contributed by atoms with E-state index < -0.39 is 35.0 Å². The van der Waals surface area contributed by atoms with Crippen molar-refractivity contribution in [1.29, 1.82) is 0 Å². The molecule has 27 heavy (non-hydrogen) atoms. The van der Waals surface area contributed by atoms with Gasteiger partial charge in [-0.05, 0) is 24.3 Å². The van der Waals surface area contributed by atoms with Gasteiger partial charge in [0.1, 0.15) is 11.6 Å². The SMILES string of the molecule is CC(=O)Oc1c(NC(=O)c2ccccc2)oc(-c2cc(F)cc(F)c2)c1O. The molecule has 0 atom stereocenters. The van der Waals surface area contributed by atoms with Crippen molar-refractivity contribution in [3.8, 4) is 22.8 Å². The zero-order chi connectivity index (χ0) is 19.6. The molecule has 3 rings (SSSR count). The highest BCUT2D eigenvalue weighted by molar-refractivity contribution is 6.05. The van der Waals surface area contributed by atoms with Gasteiger partial charge in [0.2, 0.25) is 17.4 Å². The molecule has 0 radical (unpaired) electrons. The molecule has 0 fully saturated rings. The van der Waals surface area contributed by atoms with Crippen molar-refractivity contribution in [3.63, 3.8) is 0 Å². The third-order valence-corrected chi connectivity index (χ3v) is 3.47. The third kappa shape index (κ3) is 3.95. The van der Waals surface area contributed by atoms with Crippen molar-refractivity contribution in [2.24, 2.45) is 0 Å². The average Bonchev–Trinajstić information content (AvgIpc) is 2.90. The fourth-order valence-corrected chi connectivity index (χ4v) is 2.37. The molecule has 138 valence electrons. The first-order chi connectivity index (χ1) is 12.8. The Labute approximate surface area is 152 Å². The summed E-state index contributed by atoms with van der Waals surface area (Å²) in [5.74, 6) is -5.09. The second-order valence-corrected chi connectivity index (χ2v) is 5.51. The fraction of sp³-hybridized carbons (Fsp3) is 0.0526. The van der Waals surface area contributed by atoms with E-state index >= 15 is 0 Å². The number of hydrogen-bond donors (Lipinski definition) is 2. The van der Waals surface area contributed by atoms with Crippen LogP contribution in [-0.2, 0) is 4.79 Å². The molecule has 1 heterocycles. The molecule has 0 saturated carbocycles. The highest BCUT2D eigenvalue weighted by Gasteiger charge is 2.26. The highest BCUT2D eigenvalue weighted by atomic mass is 19.1. The number of amides is 1. The number of nitrogens with one attached hydrogen (secondary N) is 1. The molecule has 1 amide bonds. The van der Waals surface area contributed by atoms with E-state index in [0.29, 0.717) is 6.07 Å². The lowest BCUT2D eigenvalue weighted by Gasteiger charge is -2.04. The Morgan fingerprint density at radius 1 is 1.07 bits per heavy atom. The van der Waals surface area contributed by atoms with Crippen LogP contribution in [0.1, 0.15) is 17.3 Å². The highest BCUT2D eigenvalue weighted by Crippen LogP contribution is 2.46. The lowest BCUT2D eigenvalue weighted by molar-refractivity contribution is -0.132. The van der Waals surface area contributed by atoms with E-state index in [1.807, 2.05) is 0 Å². The van der Waals surface area contributed by atoms with Gasteiger partial charge in [0, 0.05) is 24.1 Å². The van der Waals surface area contributed by atoms with Gasteiger partial charge in [0.05, 0.1) is 0 Å². The smallest absolute Gasteiger partial charge is 0.308 e. The molecular weight excluding hydrogens is 360 g/mol. The second-order valence-electron chi connectivity index (χ2n) is 5.51. The van der Waals surface area contributed by atoms with E-state index in [1.165, 1.54) is 12.1 Å². The summed E-state index contributed by atoms with van der Waals surface area (Å²) in [4.78, 5) is 23.6. The minimum Gasteiger partial charge on any atom is -0.502 e. The van der Waals surface area contributed by atoms with Gasteiger partial charge in [-0.2, -0.15) is 0 Å². The van der Waals surface area contributed by atoms with Crippen LogP contribution in [0.25, 0.3) is 11.3 Å². The molecule has 0 aliphatic rings. The molecule has 0 saturated heterocycles. The van der Waals surface area contributed by atoms with E-state index in [-0.39, 0.29) is 22.8 Å². The van der Waals surface area contributed by atoms with Crippen molar-refractivity contribution >= 4 is 17.8 Å². The van der Waals surface area contributed by atoms with Gasteiger partial charge in [0.25, 0.3) is 5.91 Å². The van der Waals surface area contributed by atoms with Crippen LogP contribution in [0.2, 0.25) is 0 Å². The summed E-state index contributed by atoms with van der Waals surface area (Å²) in [5.41, 5.74) is 0.138. The molecule has 0 unspecified atom stereocenters. The summed E-state index contributed by atoms with van der Waals surface area (Å²) < 4.78 is 37.2. The molecule has 0 aliphatic carbocycles. The standard InChI is InChI=1S/C19H13F2NO5/c1-10(23)26-17-15(24)16(12-7-13(20)9-14(21)8-12)27-19(17)22-18(25)11-5-3-2-4-6-11/h2-9,24H,1H3,(H,22,25). The number of ether oxygens (including phenoxy) is 1. The zero-order valence-corrected chi connectivity index (χ0v) is 14.0. The summed E-state index contributed by atoms with van der Waals surface area (Å²) in [5, 5.41) is 12.7. The first kappa shape index (κ1) is 18.1. The molecule has 8 heteroatoms. The predicted molar refractivity (Wildman–Crippen MR) is 91.4 cm³/mol. The minimum atomic E-state index is -0.898. The Balaban J connectivity index is 2.04. The number of aromatic hydroxyl groups is 1. The van der Waals surface area contributed by atoms with Gasteiger partial charge in [-0.1, -0.05) is 18.2 Å². The fourth-order valence-electron chi connectivity index (χ4n) is 2.37. The number of carbonyl (C=O) groups is 2. The van der Waals surface area contributed by atoms with Gasteiger partial charge in [-0.15, -0.1) is 0 Å². The number of furan rings is 1. The molecule has 3 aromatic rings. The summed E-state index contributed by atoms with van der Waals surface area (Å²) in [7, 11) is 0. The first-order valence-corrected chi connectivity index (χ1v) is 7.72.